The SMILES string of the molecule is Cc1cccc2cc(CN3CCC(CCCC(=O)C4=NC=CCO4)CC3)c(Cl)nc12. The van der Waals surface area contributed by atoms with Crippen LogP contribution in [0, 0.1) is 12.8 Å². The Kier molecular flexibility index (Phi) is 6.80. The zero-order valence-corrected chi connectivity index (χ0v) is 18.2. The Hall–Kier alpha value is -2.24. The number of para-hydroxylation sites is 1. The van der Waals surface area contributed by atoms with E-state index in [0.717, 1.165) is 67.3 Å². The highest BCUT2D eigenvalue weighted by Gasteiger charge is 2.21. The maximum atomic E-state index is 12.1. The first-order valence-corrected chi connectivity index (χ1v) is 11.1. The molecule has 5 nitrogen and oxygen atoms in total. The van der Waals surface area contributed by atoms with Crippen LogP contribution in [0.25, 0.3) is 10.9 Å². The summed E-state index contributed by atoms with van der Waals surface area (Å²) in [5.74, 6) is 0.963. The van der Waals surface area contributed by atoms with Crippen LogP contribution in [0.15, 0.2) is 41.5 Å². The summed E-state index contributed by atoms with van der Waals surface area (Å²) in [5, 5.41) is 1.76. The minimum absolute atomic E-state index is 0.0190. The summed E-state index contributed by atoms with van der Waals surface area (Å²) in [6.07, 6.45) is 8.26. The van der Waals surface area contributed by atoms with Gasteiger partial charge < -0.3 is 4.74 Å². The molecule has 3 heterocycles. The highest BCUT2D eigenvalue weighted by atomic mass is 35.5. The zero-order chi connectivity index (χ0) is 20.9. The summed E-state index contributed by atoms with van der Waals surface area (Å²) in [6, 6.07) is 8.41. The van der Waals surface area contributed by atoms with Crippen molar-refractivity contribution in [3.63, 3.8) is 0 Å². The van der Waals surface area contributed by atoms with E-state index in [9.17, 15) is 4.79 Å². The second kappa shape index (κ2) is 9.71. The molecule has 6 heteroatoms. The van der Waals surface area contributed by atoms with Crippen molar-refractivity contribution in [3.8, 4) is 0 Å². The molecule has 0 atom stereocenters. The molecule has 1 aromatic heterocycles. The van der Waals surface area contributed by atoms with Gasteiger partial charge in [-0.05, 0) is 69.3 Å². The van der Waals surface area contributed by atoms with Gasteiger partial charge in [0.2, 0.25) is 5.78 Å². The normalized spacial score (nSPS) is 17.7. The molecule has 1 fully saturated rings. The molecule has 30 heavy (non-hydrogen) atoms. The first-order valence-electron chi connectivity index (χ1n) is 10.8. The number of nitrogens with zero attached hydrogens (tertiary/aromatic N) is 3. The van der Waals surface area contributed by atoms with Gasteiger partial charge in [0.1, 0.15) is 11.8 Å². The van der Waals surface area contributed by atoms with Gasteiger partial charge in [0.25, 0.3) is 5.90 Å². The van der Waals surface area contributed by atoms with E-state index in [1.54, 1.807) is 12.3 Å². The standard InChI is InChI=1S/C24H28ClN3O2/c1-17-5-2-7-19-15-20(23(25)27-22(17)19)16-28-12-9-18(10-13-28)6-3-8-21(29)24-26-11-4-14-30-24/h2,4-5,7,11,15,18H,3,6,8-10,12-14,16H2,1H3. The van der Waals surface area contributed by atoms with Gasteiger partial charge in [0.05, 0.1) is 5.52 Å². The number of piperidine rings is 1. The number of benzene rings is 1. The van der Waals surface area contributed by atoms with Crippen LogP contribution in [0.5, 0.6) is 0 Å². The molecule has 2 aliphatic rings. The molecule has 158 valence electrons. The second-order valence-corrected chi connectivity index (χ2v) is 8.61. The van der Waals surface area contributed by atoms with Crippen molar-refractivity contribution in [2.75, 3.05) is 19.7 Å². The quantitative estimate of drug-likeness (QED) is 0.580. The van der Waals surface area contributed by atoms with Crippen LogP contribution in [0.3, 0.4) is 0 Å². The lowest BCUT2D eigenvalue weighted by Gasteiger charge is -2.32. The molecule has 2 aromatic rings. The zero-order valence-electron chi connectivity index (χ0n) is 17.4. The van der Waals surface area contributed by atoms with Crippen LogP contribution in [-0.4, -0.2) is 41.3 Å². The third-order valence-electron chi connectivity index (χ3n) is 6.04. The number of fused-ring (bicyclic) bond motifs is 1. The van der Waals surface area contributed by atoms with Crippen LogP contribution in [-0.2, 0) is 16.1 Å². The fourth-order valence-corrected chi connectivity index (χ4v) is 4.49. The third kappa shape index (κ3) is 5.08. The van der Waals surface area contributed by atoms with Crippen molar-refractivity contribution >= 4 is 34.2 Å². The van der Waals surface area contributed by atoms with Gasteiger partial charge in [0.15, 0.2) is 0 Å². The molecule has 0 amide bonds. The molecule has 0 aliphatic carbocycles. The predicted molar refractivity (Wildman–Crippen MR) is 121 cm³/mol. The summed E-state index contributed by atoms with van der Waals surface area (Å²) in [7, 11) is 0. The number of likely N-dealkylation sites (tertiary alicyclic amines) is 1. The molecule has 0 radical (unpaired) electrons. The highest BCUT2D eigenvalue weighted by molar-refractivity contribution is 6.36. The first-order chi connectivity index (χ1) is 14.6. The van der Waals surface area contributed by atoms with Crippen LogP contribution < -0.4 is 0 Å². The predicted octanol–water partition coefficient (Wildman–Crippen LogP) is 5.09. The van der Waals surface area contributed by atoms with E-state index in [-0.39, 0.29) is 11.7 Å². The fraction of sp³-hybridized carbons (Fsp3) is 0.458. The van der Waals surface area contributed by atoms with Gasteiger partial charge in [-0.3, -0.25) is 9.69 Å². The molecule has 0 unspecified atom stereocenters. The van der Waals surface area contributed by atoms with E-state index >= 15 is 0 Å². The highest BCUT2D eigenvalue weighted by Crippen LogP contribution is 2.27. The lowest BCUT2D eigenvalue weighted by atomic mass is 9.91. The number of aryl methyl sites for hydroxylation is 1. The Labute approximate surface area is 182 Å². The van der Waals surface area contributed by atoms with Crippen LogP contribution in [0.1, 0.15) is 43.2 Å². The first kappa shape index (κ1) is 21.0. The second-order valence-electron chi connectivity index (χ2n) is 8.25. The number of hydrogen-bond donors (Lipinski definition) is 0. The number of carbonyl (C=O) groups is 1. The van der Waals surface area contributed by atoms with Gasteiger partial charge in [0, 0.05) is 30.1 Å². The average Bonchev–Trinajstić information content (AvgIpc) is 2.77. The fourth-order valence-electron chi connectivity index (χ4n) is 4.29. The summed E-state index contributed by atoms with van der Waals surface area (Å²) in [5.41, 5.74) is 3.24. The summed E-state index contributed by atoms with van der Waals surface area (Å²) in [6.45, 7) is 5.46. The van der Waals surface area contributed by atoms with Crippen molar-refractivity contribution < 1.29 is 9.53 Å². The number of halogens is 1. The Morgan fingerprint density at radius 3 is 2.90 bits per heavy atom. The van der Waals surface area contributed by atoms with Crippen molar-refractivity contribution in [1.29, 1.82) is 0 Å². The number of rotatable bonds is 7. The van der Waals surface area contributed by atoms with E-state index in [1.807, 2.05) is 0 Å². The van der Waals surface area contributed by atoms with Crippen molar-refractivity contribution in [3.05, 3.63) is 52.8 Å². The van der Waals surface area contributed by atoms with E-state index in [4.69, 9.17) is 16.3 Å². The molecular formula is C24H28ClN3O2. The van der Waals surface area contributed by atoms with E-state index in [2.05, 4.69) is 46.1 Å². The summed E-state index contributed by atoms with van der Waals surface area (Å²) in [4.78, 5) is 23.2. The van der Waals surface area contributed by atoms with Crippen molar-refractivity contribution in [1.82, 2.24) is 9.88 Å². The number of pyridine rings is 1. The van der Waals surface area contributed by atoms with Crippen molar-refractivity contribution in [2.45, 2.75) is 45.6 Å². The maximum absolute atomic E-state index is 12.1. The minimum Gasteiger partial charge on any atom is -0.471 e. The van der Waals surface area contributed by atoms with Gasteiger partial charge in [-0.1, -0.05) is 29.8 Å². The molecule has 0 saturated carbocycles. The number of Topliss-reactive ketones (excluding diaryl/α,β-unsaturated/α-hetero) is 1. The largest absolute Gasteiger partial charge is 0.471 e. The van der Waals surface area contributed by atoms with Gasteiger partial charge in [-0.25, -0.2) is 9.98 Å². The number of carbonyl (C=O) groups excluding carboxylic acids is 1. The van der Waals surface area contributed by atoms with Crippen LogP contribution in [0.4, 0.5) is 0 Å². The number of aromatic nitrogens is 1. The smallest absolute Gasteiger partial charge is 0.258 e. The minimum atomic E-state index is 0.0190. The number of ketones is 1. The lowest BCUT2D eigenvalue weighted by molar-refractivity contribution is -0.114. The molecule has 4 rings (SSSR count). The maximum Gasteiger partial charge on any atom is 0.258 e. The van der Waals surface area contributed by atoms with E-state index < -0.39 is 0 Å². The Balaban J connectivity index is 1.24. The monoisotopic (exact) mass is 425 g/mol. The number of hydrogen-bond acceptors (Lipinski definition) is 5. The number of ether oxygens (including phenoxy) is 1. The van der Waals surface area contributed by atoms with Crippen LogP contribution >= 0.6 is 11.6 Å². The van der Waals surface area contributed by atoms with Crippen molar-refractivity contribution in [2.24, 2.45) is 10.9 Å². The Morgan fingerprint density at radius 1 is 1.30 bits per heavy atom. The Bertz CT molecular complexity index is 978. The summed E-state index contributed by atoms with van der Waals surface area (Å²) < 4.78 is 5.29. The molecular weight excluding hydrogens is 398 g/mol. The Morgan fingerprint density at radius 2 is 2.13 bits per heavy atom. The van der Waals surface area contributed by atoms with Gasteiger partial charge in [-0.15, -0.1) is 0 Å². The van der Waals surface area contributed by atoms with Gasteiger partial charge in [-0.2, -0.15) is 0 Å². The molecule has 0 bridgehead atoms. The van der Waals surface area contributed by atoms with E-state index in [1.165, 1.54) is 0 Å². The molecule has 0 N–H and O–H groups in total. The molecule has 1 saturated heterocycles. The van der Waals surface area contributed by atoms with Crippen LogP contribution in [0.2, 0.25) is 5.15 Å². The summed E-state index contributed by atoms with van der Waals surface area (Å²) >= 11 is 6.49. The van der Waals surface area contributed by atoms with E-state index in [0.29, 0.717) is 24.1 Å². The number of aliphatic imine (C=N–C) groups is 1. The molecule has 0 spiro atoms. The average molecular weight is 426 g/mol. The third-order valence-corrected chi connectivity index (χ3v) is 6.37. The molecule has 1 aromatic carbocycles. The lowest BCUT2D eigenvalue weighted by Crippen LogP contribution is -2.33. The molecule has 2 aliphatic heterocycles. The topological polar surface area (TPSA) is 54.8 Å². The van der Waals surface area contributed by atoms with Gasteiger partial charge >= 0.3 is 0 Å².